The maximum Gasteiger partial charge on any atom is 0.326 e. The van der Waals surface area contributed by atoms with Gasteiger partial charge in [0.25, 0.3) is 0 Å². The van der Waals surface area contributed by atoms with Gasteiger partial charge in [0.2, 0.25) is 0 Å². The van der Waals surface area contributed by atoms with Crippen molar-refractivity contribution in [3.8, 4) is 17.0 Å². The number of pyridine rings is 2. The molecule has 0 spiro atoms. The Bertz CT molecular complexity index is 1500. The molecule has 230 valence electrons. The highest BCUT2D eigenvalue weighted by Crippen LogP contribution is 2.21. The van der Waals surface area contributed by atoms with Gasteiger partial charge in [0, 0.05) is 37.1 Å². The summed E-state index contributed by atoms with van der Waals surface area (Å²) in [7, 11) is 0. The molecule has 3 N–H and O–H groups in total. The molecule has 10 nitrogen and oxygen atoms in total. The first-order valence-electron chi connectivity index (χ1n) is 15.4. The van der Waals surface area contributed by atoms with Gasteiger partial charge in [0.15, 0.2) is 0 Å². The molecule has 5 rings (SSSR count). The second-order valence-electron chi connectivity index (χ2n) is 11.1. The Morgan fingerprint density at radius 2 is 1.93 bits per heavy atom. The number of hydrogen-bond donors (Lipinski definition) is 3. The molecule has 0 aliphatic carbocycles. The van der Waals surface area contributed by atoms with Gasteiger partial charge in [-0.25, -0.2) is 14.8 Å². The fourth-order valence-electron chi connectivity index (χ4n) is 5.32. The van der Waals surface area contributed by atoms with Crippen LogP contribution < -0.4 is 15.4 Å². The minimum Gasteiger partial charge on any atom is -0.490 e. The fourth-order valence-corrected chi connectivity index (χ4v) is 5.32. The highest BCUT2D eigenvalue weighted by molar-refractivity contribution is 5.77. The molecule has 1 unspecified atom stereocenters. The third-order valence-corrected chi connectivity index (χ3v) is 7.79. The third-order valence-electron chi connectivity index (χ3n) is 7.79. The summed E-state index contributed by atoms with van der Waals surface area (Å²) < 4.78 is 6.03. The van der Waals surface area contributed by atoms with E-state index in [0.29, 0.717) is 37.6 Å². The molecule has 0 radical (unpaired) electrons. The van der Waals surface area contributed by atoms with Gasteiger partial charge in [-0.3, -0.25) is 14.9 Å². The van der Waals surface area contributed by atoms with E-state index in [-0.39, 0.29) is 0 Å². The van der Waals surface area contributed by atoms with Crippen molar-refractivity contribution in [3.63, 3.8) is 0 Å². The quantitative estimate of drug-likeness (QED) is 0.148. The van der Waals surface area contributed by atoms with Crippen LogP contribution in [-0.4, -0.2) is 74.7 Å². The van der Waals surface area contributed by atoms with E-state index < -0.39 is 12.0 Å². The lowest BCUT2D eigenvalue weighted by Crippen LogP contribution is -2.37. The van der Waals surface area contributed by atoms with Crippen molar-refractivity contribution < 1.29 is 14.6 Å². The van der Waals surface area contributed by atoms with E-state index in [0.717, 1.165) is 73.7 Å². The molecule has 0 fully saturated rings. The van der Waals surface area contributed by atoms with Crippen molar-refractivity contribution in [1.82, 2.24) is 24.8 Å². The van der Waals surface area contributed by atoms with E-state index in [4.69, 9.17) is 9.72 Å². The number of benzene rings is 1. The number of aromatic nitrogens is 4. The predicted octanol–water partition coefficient (Wildman–Crippen LogP) is 5.26. The third kappa shape index (κ3) is 8.97. The highest BCUT2D eigenvalue weighted by atomic mass is 16.5. The number of nitrogens with one attached hydrogen (secondary N) is 2. The molecule has 1 atom stereocenters. The van der Waals surface area contributed by atoms with Gasteiger partial charge in [0.1, 0.15) is 30.0 Å². The number of carboxylic acids is 1. The van der Waals surface area contributed by atoms with E-state index in [9.17, 15) is 9.90 Å². The fraction of sp³-hybridized carbons (Fsp3) is 0.382. The van der Waals surface area contributed by atoms with E-state index >= 15 is 0 Å². The molecule has 4 aromatic rings. The summed E-state index contributed by atoms with van der Waals surface area (Å²) in [4.78, 5) is 32.6. The number of fused-ring (bicyclic) bond motifs is 1. The number of unbranched alkanes of at least 4 members (excludes halogenated alkanes) is 1. The van der Waals surface area contributed by atoms with Crippen LogP contribution in [0.2, 0.25) is 0 Å². The van der Waals surface area contributed by atoms with Gasteiger partial charge in [0.05, 0.1) is 23.8 Å². The van der Waals surface area contributed by atoms with Crippen molar-refractivity contribution in [2.45, 2.75) is 51.5 Å². The van der Waals surface area contributed by atoms with E-state index in [1.807, 2.05) is 49.4 Å². The molecular weight excluding hydrogens is 554 g/mol. The van der Waals surface area contributed by atoms with Gasteiger partial charge >= 0.3 is 5.97 Å². The van der Waals surface area contributed by atoms with Crippen LogP contribution in [0.15, 0.2) is 73.2 Å². The van der Waals surface area contributed by atoms with Crippen molar-refractivity contribution >= 4 is 17.6 Å². The molecule has 0 saturated heterocycles. The molecule has 1 aliphatic heterocycles. The van der Waals surface area contributed by atoms with Crippen molar-refractivity contribution in [1.29, 1.82) is 0 Å². The number of ether oxygens (including phenoxy) is 1. The first kappa shape index (κ1) is 30.9. The second kappa shape index (κ2) is 15.8. The van der Waals surface area contributed by atoms with Crippen LogP contribution >= 0.6 is 0 Å². The van der Waals surface area contributed by atoms with Gasteiger partial charge in [-0.1, -0.05) is 36.4 Å². The molecule has 0 bridgehead atoms. The number of anilines is 2. The molecule has 3 aromatic heterocycles. The lowest BCUT2D eigenvalue weighted by Gasteiger charge is -2.25. The Balaban J connectivity index is 1.17. The zero-order valence-corrected chi connectivity index (χ0v) is 25.3. The number of rotatable bonds is 16. The van der Waals surface area contributed by atoms with E-state index in [1.54, 1.807) is 18.6 Å². The van der Waals surface area contributed by atoms with Crippen LogP contribution in [0.5, 0.6) is 5.75 Å². The number of nitrogens with zero attached hydrogens (tertiary/aromatic N) is 5. The van der Waals surface area contributed by atoms with Gasteiger partial charge in [-0.05, 0) is 75.8 Å². The summed E-state index contributed by atoms with van der Waals surface area (Å²) in [6.07, 6.45) is 10.5. The Labute approximate surface area is 259 Å². The lowest BCUT2D eigenvalue weighted by molar-refractivity contribution is -0.138. The molecule has 1 aromatic carbocycles. The molecule has 0 saturated carbocycles. The highest BCUT2D eigenvalue weighted by Gasteiger charge is 2.20. The first-order chi connectivity index (χ1) is 21.5. The predicted molar refractivity (Wildman–Crippen MR) is 172 cm³/mol. The molecular formula is C34H41N7O3. The van der Waals surface area contributed by atoms with Crippen LogP contribution in [0, 0.1) is 6.92 Å². The average molecular weight is 596 g/mol. The van der Waals surface area contributed by atoms with Crippen LogP contribution in [-0.2, 0) is 17.6 Å². The van der Waals surface area contributed by atoms with E-state index in [1.165, 1.54) is 5.56 Å². The Morgan fingerprint density at radius 1 is 1.05 bits per heavy atom. The Morgan fingerprint density at radius 3 is 2.77 bits per heavy atom. The summed E-state index contributed by atoms with van der Waals surface area (Å²) in [5, 5.41) is 16.6. The number of carboxylic acid groups (broad SMARTS) is 1. The van der Waals surface area contributed by atoms with Gasteiger partial charge in [-0.15, -0.1) is 0 Å². The molecule has 44 heavy (non-hydrogen) atoms. The Hall–Kier alpha value is -4.57. The zero-order valence-electron chi connectivity index (χ0n) is 25.3. The Kier molecular flexibility index (Phi) is 11.1. The smallest absolute Gasteiger partial charge is 0.326 e. The topological polar surface area (TPSA) is 125 Å². The summed E-state index contributed by atoms with van der Waals surface area (Å²) >= 11 is 0. The van der Waals surface area contributed by atoms with Crippen molar-refractivity contribution in [3.05, 3.63) is 90.1 Å². The lowest BCUT2D eigenvalue weighted by atomic mass is 10.1. The minimum absolute atomic E-state index is 0.399. The maximum absolute atomic E-state index is 12.3. The van der Waals surface area contributed by atoms with Crippen LogP contribution in [0.3, 0.4) is 0 Å². The number of aliphatic carboxylic acids is 1. The van der Waals surface area contributed by atoms with E-state index in [2.05, 4.69) is 42.6 Å². The van der Waals surface area contributed by atoms with Crippen molar-refractivity contribution in [2.24, 2.45) is 0 Å². The summed E-state index contributed by atoms with van der Waals surface area (Å²) in [5.41, 5.74) is 4.87. The molecule has 0 amide bonds. The average Bonchev–Trinajstić information content (AvgIpc) is 3.05. The normalized spacial score (nSPS) is 13.1. The number of aryl methyl sites for hydroxylation is 3. The first-order valence-corrected chi connectivity index (χ1v) is 15.4. The largest absolute Gasteiger partial charge is 0.490 e. The number of hydrogen-bond acceptors (Lipinski definition) is 9. The molecule has 10 heteroatoms. The van der Waals surface area contributed by atoms with Gasteiger partial charge in [-0.2, -0.15) is 0 Å². The summed E-state index contributed by atoms with van der Waals surface area (Å²) in [6, 6.07) is 17.0. The standard InChI is InChI=1S/C34H41N7O3/c1-25-31(13-8-17-36-25)44-22-21-41(19-6-5-12-28-15-14-27-11-7-18-37-33(27)38-28)20-16-29(34(42)43)39-32-24-35-23-30(40-32)26-9-3-2-4-10-26/h2-4,8-10,13-15,17,23-24,29H,5-7,11-12,16,18-22H2,1H3,(H,37,38)(H,39,40)(H,42,43). The second-order valence-corrected chi connectivity index (χ2v) is 11.1. The van der Waals surface area contributed by atoms with Crippen molar-refractivity contribution in [2.75, 3.05) is 43.4 Å². The maximum atomic E-state index is 12.3. The van der Waals surface area contributed by atoms with Crippen LogP contribution in [0.1, 0.15) is 42.6 Å². The van der Waals surface area contributed by atoms with Gasteiger partial charge < -0.3 is 20.5 Å². The molecule has 1 aliphatic rings. The molecule has 4 heterocycles. The minimum atomic E-state index is -0.925. The summed E-state index contributed by atoms with van der Waals surface area (Å²) in [6.45, 7) is 5.48. The zero-order chi connectivity index (χ0) is 30.6. The number of carbonyl (C=O) groups is 1. The van der Waals surface area contributed by atoms with Crippen LogP contribution in [0.4, 0.5) is 11.6 Å². The SMILES string of the molecule is Cc1ncccc1OCCN(CCCCc1ccc2c(n1)NCCC2)CCC(Nc1cncc(-c2ccccc2)n1)C(=O)O. The summed E-state index contributed by atoms with van der Waals surface area (Å²) in [5.74, 6) is 1.31. The van der Waals surface area contributed by atoms with Crippen LogP contribution in [0.25, 0.3) is 11.3 Å². The monoisotopic (exact) mass is 595 g/mol.